The topological polar surface area (TPSA) is 32.8 Å². The van der Waals surface area contributed by atoms with Gasteiger partial charge in [-0.1, -0.05) is 0 Å². The predicted molar refractivity (Wildman–Crippen MR) is 60.2 cm³/mol. The molecule has 16 heavy (non-hydrogen) atoms. The molecule has 1 rings (SSSR count). The highest BCUT2D eigenvalue weighted by Crippen LogP contribution is 2.14. The van der Waals surface area contributed by atoms with Crippen molar-refractivity contribution in [2.24, 2.45) is 0 Å². The van der Waals surface area contributed by atoms with Crippen molar-refractivity contribution in [3.8, 4) is 0 Å². The van der Waals surface area contributed by atoms with E-state index in [0.717, 1.165) is 0 Å². The van der Waals surface area contributed by atoms with Crippen LogP contribution < -0.4 is 0 Å². The van der Waals surface area contributed by atoms with Crippen LogP contribution in [0, 0.1) is 0 Å². The number of rotatable bonds is 1. The maximum Gasteiger partial charge on any atom is 0.410 e. The molecule has 1 aliphatic heterocycles. The number of ether oxygens (including phenoxy) is 1. The zero-order valence-electron chi connectivity index (χ0n) is 10.5. The largest absolute Gasteiger partial charge is 0.444 e. The molecule has 1 atom stereocenters. The van der Waals surface area contributed by atoms with E-state index in [1.165, 1.54) is 0 Å². The Morgan fingerprint density at radius 2 is 2.06 bits per heavy atom. The molecule has 1 aliphatic rings. The molecule has 0 radical (unpaired) electrons. The number of piperazine rings is 1. The summed E-state index contributed by atoms with van der Waals surface area (Å²) in [6.07, 6.45) is -0.348. The van der Waals surface area contributed by atoms with Crippen molar-refractivity contribution in [2.45, 2.75) is 32.4 Å². The summed E-state index contributed by atoms with van der Waals surface area (Å²) < 4.78 is 17.9. The molecule has 5 heteroatoms. The average Bonchev–Trinajstić information content (AvgIpc) is 2.15. The van der Waals surface area contributed by atoms with E-state index >= 15 is 0 Å². The highest BCUT2D eigenvalue weighted by molar-refractivity contribution is 5.68. The number of nitrogens with zero attached hydrogens (tertiary/aromatic N) is 2. The Bertz CT molecular complexity index is 253. The van der Waals surface area contributed by atoms with Gasteiger partial charge in [0, 0.05) is 19.6 Å². The number of hydrogen-bond acceptors (Lipinski definition) is 3. The lowest BCUT2D eigenvalue weighted by atomic mass is 10.2. The number of likely N-dealkylation sites (N-methyl/N-ethyl adjacent to an activating group) is 1. The third-order valence-electron chi connectivity index (χ3n) is 2.61. The van der Waals surface area contributed by atoms with E-state index in [2.05, 4.69) is 0 Å². The first-order valence-corrected chi connectivity index (χ1v) is 5.57. The van der Waals surface area contributed by atoms with Gasteiger partial charge in [0.25, 0.3) is 0 Å². The van der Waals surface area contributed by atoms with Crippen molar-refractivity contribution in [3.63, 3.8) is 0 Å². The van der Waals surface area contributed by atoms with E-state index in [1.807, 2.05) is 32.7 Å². The van der Waals surface area contributed by atoms with Gasteiger partial charge in [-0.3, -0.25) is 4.90 Å². The molecule has 1 fully saturated rings. The fourth-order valence-electron chi connectivity index (χ4n) is 1.60. The van der Waals surface area contributed by atoms with Gasteiger partial charge in [-0.25, -0.2) is 9.18 Å². The average molecular weight is 232 g/mol. The number of alkyl halides is 1. The Kier molecular flexibility index (Phi) is 4.13. The molecule has 0 aromatic rings. The fourth-order valence-corrected chi connectivity index (χ4v) is 1.60. The molecule has 0 aromatic heterocycles. The van der Waals surface area contributed by atoms with Gasteiger partial charge < -0.3 is 9.64 Å². The number of amides is 1. The maximum absolute atomic E-state index is 12.7. The number of hydrogen-bond donors (Lipinski definition) is 0. The number of carbonyl (C=O) groups excluding carboxylic acids is 1. The summed E-state index contributed by atoms with van der Waals surface area (Å²) in [6.45, 7) is 6.74. The summed E-state index contributed by atoms with van der Waals surface area (Å²) in [5.74, 6) is 0. The molecule has 1 heterocycles. The van der Waals surface area contributed by atoms with E-state index < -0.39 is 12.3 Å². The van der Waals surface area contributed by atoms with Gasteiger partial charge in [0.05, 0.1) is 6.04 Å². The minimum Gasteiger partial charge on any atom is -0.444 e. The van der Waals surface area contributed by atoms with E-state index in [1.54, 1.807) is 4.90 Å². The number of carbonyl (C=O) groups is 1. The normalized spacial score (nSPS) is 23.3. The monoisotopic (exact) mass is 232 g/mol. The molecular formula is C11H21FN2O2. The van der Waals surface area contributed by atoms with Gasteiger partial charge >= 0.3 is 6.09 Å². The van der Waals surface area contributed by atoms with Gasteiger partial charge in [0.15, 0.2) is 0 Å². The first-order chi connectivity index (χ1) is 7.33. The molecular weight excluding hydrogens is 211 g/mol. The molecule has 0 unspecified atom stereocenters. The Labute approximate surface area is 96.3 Å². The molecule has 0 bridgehead atoms. The van der Waals surface area contributed by atoms with Crippen LogP contribution >= 0.6 is 0 Å². The van der Waals surface area contributed by atoms with Gasteiger partial charge in [-0.2, -0.15) is 0 Å². The van der Waals surface area contributed by atoms with Crippen LogP contribution in [-0.4, -0.2) is 60.9 Å². The molecule has 0 aliphatic carbocycles. The van der Waals surface area contributed by atoms with E-state index in [0.29, 0.717) is 19.6 Å². The first-order valence-electron chi connectivity index (χ1n) is 5.57. The highest BCUT2D eigenvalue weighted by atomic mass is 19.1. The molecule has 4 nitrogen and oxygen atoms in total. The van der Waals surface area contributed by atoms with E-state index in [4.69, 9.17) is 4.74 Å². The molecule has 1 amide bonds. The minimum atomic E-state index is -0.494. The van der Waals surface area contributed by atoms with Crippen molar-refractivity contribution >= 4 is 6.09 Å². The summed E-state index contributed by atoms with van der Waals surface area (Å²) in [6, 6.07) is -0.207. The summed E-state index contributed by atoms with van der Waals surface area (Å²) in [5.41, 5.74) is -0.494. The molecule has 94 valence electrons. The maximum atomic E-state index is 12.7. The van der Waals surface area contributed by atoms with Crippen LogP contribution in [0.2, 0.25) is 0 Å². The lowest BCUT2D eigenvalue weighted by molar-refractivity contribution is 0.00527. The second kappa shape index (κ2) is 4.99. The van der Waals surface area contributed by atoms with E-state index in [-0.39, 0.29) is 12.1 Å². The molecule has 0 spiro atoms. The van der Waals surface area contributed by atoms with E-state index in [9.17, 15) is 9.18 Å². The van der Waals surface area contributed by atoms with Crippen LogP contribution in [0.25, 0.3) is 0 Å². The molecule has 0 saturated carbocycles. The second-order valence-electron chi connectivity index (χ2n) is 5.22. The van der Waals surface area contributed by atoms with Gasteiger partial charge in [0.2, 0.25) is 0 Å². The van der Waals surface area contributed by atoms with Crippen molar-refractivity contribution in [1.29, 1.82) is 0 Å². The van der Waals surface area contributed by atoms with Crippen molar-refractivity contribution in [3.05, 3.63) is 0 Å². The summed E-state index contributed by atoms with van der Waals surface area (Å²) in [7, 11) is 1.87. The van der Waals surface area contributed by atoms with Crippen molar-refractivity contribution < 1.29 is 13.9 Å². The van der Waals surface area contributed by atoms with Crippen LogP contribution in [0.3, 0.4) is 0 Å². The minimum absolute atomic E-state index is 0.207. The summed E-state index contributed by atoms with van der Waals surface area (Å²) in [4.78, 5) is 15.3. The Morgan fingerprint density at radius 1 is 1.44 bits per heavy atom. The third-order valence-corrected chi connectivity index (χ3v) is 2.61. The van der Waals surface area contributed by atoms with Gasteiger partial charge in [-0.05, 0) is 27.8 Å². The quantitative estimate of drug-likeness (QED) is 0.687. The van der Waals surface area contributed by atoms with Gasteiger partial charge in [0.1, 0.15) is 12.3 Å². The summed E-state index contributed by atoms with van der Waals surface area (Å²) in [5, 5.41) is 0. The zero-order chi connectivity index (χ0) is 12.3. The number of halogens is 1. The molecule has 0 N–H and O–H groups in total. The predicted octanol–water partition coefficient (Wildman–Crippen LogP) is 1.51. The standard InChI is InChI=1S/C11H21FN2O2/c1-11(2,3)16-10(15)14-6-5-13(4)9(7-12)8-14/h9H,5-8H2,1-4H3/t9-/m1/s1. The molecule has 0 aromatic carbocycles. The lowest BCUT2D eigenvalue weighted by Crippen LogP contribution is -2.54. The molecule has 1 saturated heterocycles. The van der Waals surface area contributed by atoms with Crippen molar-refractivity contribution in [2.75, 3.05) is 33.4 Å². The smallest absolute Gasteiger partial charge is 0.410 e. The Balaban J connectivity index is 2.52. The van der Waals surface area contributed by atoms with Crippen LogP contribution in [0.1, 0.15) is 20.8 Å². The van der Waals surface area contributed by atoms with Crippen LogP contribution in [0.15, 0.2) is 0 Å². The fraction of sp³-hybridized carbons (Fsp3) is 0.909. The van der Waals surface area contributed by atoms with Crippen LogP contribution in [0.4, 0.5) is 9.18 Å². The Morgan fingerprint density at radius 3 is 2.56 bits per heavy atom. The Hall–Kier alpha value is -0.840. The summed E-state index contributed by atoms with van der Waals surface area (Å²) >= 11 is 0. The highest BCUT2D eigenvalue weighted by Gasteiger charge is 2.29. The second-order valence-corrected chi connectivity index (χ2v) is 5.22. The third kappa shape index (κ3) is 3.63. The van der Waals surface area contributed by atoms with Crippen molar-refractivity contribution in [1.82, 2.24) is 9.80 Å². The zero-order valence-corrected chi connectivity index (χ0v) is 10.5. The van der Waals surface area contributed by atoms with Gasteiger partial charge in [-0.15, -0.1) is 0 Å². The van der Waals surface area contributed by atoms with Crippen LogP contribution in [-0.2, 0) is 4.74 Å². The lowest BCUT2D eigenvalue weighted by Gasteiger charge is -2.38. The SMILES string of the molecule is CN1CCN(C(=O)OC(C)(C)C)C[C@H]1CF. The first kappa shape index (κ1) is 13.2. The van der Waals surface area contributed by atoms with Crippen LogP contribution in [0.5, 0.6) is 0 Å².